The van der Waals surface area contributed by atoms with E-state index in [2.05, 4.69) is 31.8 Å². The van der Waals surface area contributed by atoms with Crippen molar-refractivity contribution < 1.29 is 0 Å². The van der Waals surface area contributed by atoms with Gasteiger partial charge in [0.05, 0.1) is 11.6 Å². The molecular formula is C12H16ClN3. The third-order valence-corrected chi connectivity index (χ3v) is 3.22. The van der Waals surface area contributed by atoms with Crippen LogP contribution in [0.3, 0.4) is 0 Å². The molecule has 0 aliphatic rings. The van der Waals surface area contributed by atoms with Crippen LogP contribution in [0.4, 0.5) is 5.82 Å². The molecule has 0 unspecified atom stereocenters. The van der Waals surface area contributed by atoms with Gasteiger partial charge >= 0.3 is 0 Å². The van der Waals surface area contributed by atoms with E-state index in [0.717, 1.165) is 12.2 Å². The van der Waals surface area contributed by atoms with Crippen molar-refractivity contribution in [3.63, 3.8) is 0 Å². The van der Waals surface area contributed by atoms with Crippen molar-refractivity contribution in [1.82, 2.24) is 4.98 Å². The fourth-order valence-corrected chi connectivity index (χ4v) is 1.47. The Morgan fingerprint density at radius 1 is 1.50 bits per heavy atom. The molecule has 0 aromatic carbocycles. The summed E-state index contributed by atoms with van der Waals surface area (Å²) in [5.41, 5.74) is 0.526. The van der Waals surface area contributed by atoms with Gasteiger partial charge in [-0.15, -0.1) is 0 Å². The highest BCUT2D eigenvalue weighted by Gasteiger charge is 2.22. The molecule has 0 fully saturated rings. The summed E-state index contributed by atoms with van der Waals surface area (Å²) in [5.74, 6) is 0.732. The zero-order valence-corrected chi connectivity index (χ0v) is 10.8. The van der Waals surface area contributed by atoms with E-state index in [0.29, 0.717) is 10.7 Å². The van der Waals surface area contributed by atoms with E-state index in [4.69, 9.17) is 16.9 Å². The number of anilines is 1. The van der Waals surface area contributed by atoms with Crippen molar-refractivity contribution in [3.05, 3.63) is 22.8 Å². The topological polar surface area (TPSA) is 39.9 Å². The van der Waals surface area contributed by atoms with Crippen LogP contribution in [-0.4, -0.2) is 17.6 Å². The fraction of sp³-hybridized carbons (Fsp3) is 0.500. The summed E-state index contributed by atoms with van der Waals surface area (Å²) in [6.07, 6.45) is 0.986. The molecule has 0 aliphatic carbocycles. The van der Waals surface area contributed by atoms with E-state index in [1.165, 1.54) is 0 Å². The molecule has 0 N–H and O–H groups in total. The maximum Gasteiger partial charge on any atom is 0.132 e. The Hall–Kier alpha value is -1.27. The lowest BCUT2D eigenvalue weighted by molar-refractivity contribution is 0.467. The number of nitrogens with zero attached hydrogens (tertiary/aromatic N) is 3. The van der Waals surface area contributed by atoms with Crippen LogP contribution in [0.2, 0.25) is 5.15 Å². The van der Waals surface area contributed by atoms with Crippen molar-refractivity contribution in [2.24, 2.45) is 0 Å². The number of hydrogen-bond acceptors (Lipinski definition) is 3. The van der Waals surface area contributed by atoms with Crippen LogP contribution in [0.25, 0.3) is 0 Å². The summed E-state index contributed by atoms with van der Waals surface area (Å²) in [7, 11) is 1.96. The Bertz CT molecular complexity index is 421. The van der Waals surface area contributed by atoms with Crippen molar-refractivity contribution in [1.29, 1.82) is 5.26 Å². The second-order valence-corrected chi connectivity index (χ2v) is 4.76. The molecule has 4 heteroatoms. The van der Waals surface area contributed by atoms with E-state index in [1.807, 2.05) is 11.9 Å². The molecule has 0 saturated heterocycles. The molecule has 0 spiro atoms. The summed E-state index contributed by atoms with van der Waals surface area (Å²) < 4.78 is 0. The first kappa shape index (κ1) is 12.8. The van der Waals surface area contributed by atoms with E-state index in [-0.39, 0.29) is 5.54 Å². The Morgan fingerprint density at radius 2 is 2.12 bits per heavy atom. The zero-order chi connectivity index (χ0) is 12.3. The quantitative estimate of drug-likeness (QED) is 0.758. The third kappa shape index (κ3) is 2.65. The molecule has 0 aliphatic heterocycles. The van der Waals surface area contributed by atoms with Gasteiger partial charge in [0.2, 0.25) is 0 Å². The number of hydrogen-bond donors (Lipinski definition) is 0. The first-order valence-corrected chi connectivity index (χ1v) is 5.60. The van der Waals surface area contributed by atoms with Crippen molar-refractivity contribution >= 4 is 17.4 Å². The van der Waals surface area contributed by atoms with Crippen molar-refractivity contribution in [2.45, 2.75) is 32.7 Å². The van der Waals surface area contributed by atoms with Gasteiger partial charge in [-0.1, -0.05) is 18.5 Å². The van der Waals surface area contributed by atoms with Crippen molar-refractivity contribution in [3.8, 4) is 6.07 Å². The largest absolute Gasteiger partial charge is 0.354 e. The highest BCUT2D eigenvalue weighted by Crippen LogP contribution is 2.25. The van der Waals surface area contributed by atoms with Gasteiger partial charge in [-0.3, -0.25) is 0 Å². The Morgan fingerprint density at radius 3 is 2.62 bits per heavy atom. The molecule has 0 amide bonds. The van der Waals surface area contributed by atoms with Crippen LogP contribution >= 0.6 is 11.6 Å². The molecule has 1 aromatic heterocycles. The van der Waals surface area contributed by atoms with Gasteiger partial charge in [0.15, 0.2) is 0 Å². The van der Waals surface area contributed by atoms with Crippen molar-refractivity contribution in [2.75, 3.05) is 11.9 Å². The van der Waals surface area contributed by atoms with E-state index in [1.54, 1.807) is 12.1 Å². The van der Waals surface area contributed by atoms with E-state index in [9.17, 15) is 0 Å². The maximum absolute atomic E-state index is 8.87. The van der Waals surface area contributed by atoms with Crippen LogP contribution in [0, 0.1) is 11.3 Å². The number of aromatic nitrogens is 1. The molecule has 3 nitrogen and oxygen atoms in total. The van der Waals surface area contributed by atoms with Gasteiger partial charge < -0.3 is 4.90 Å². The number of rotatable bonds is 3. The first-order valence-electron chi connectivity index (χ1n) is 5.22. The lowest BCUT2D eigenvalue weighted by atomic mass is 10.00. The van der Waals surface area contributed by atoms with Crippen LogP contribution in [0.5, 0.6) is 0 Å². The monoisotopic (exact) mass is 237 g/mol. The smallest absolute Gasteiger partial charge is 0.132 e. The molecule has 1 rings (SSSR count). The summed E-state index contributed by atoms with van der Waals surface area (Å²) in [6, 6.07) is 5.40. The molecule has 0 radical (unpaired) electrons. The second kappa shape index (κ2) is 4.71. The number of pyridine rings is 1. The highest BCUT2D eigenvalue weighted by molar-refractivity contribution is 6.29. The van der Waals surface area contributed by atoms with Gasteiger partial charge in [-0.05, 0) is 32.4 Å². The van der Waals surface area contributed by atoms with Crippen LogP contribution in [0.1, 0.15) is 32.8 Å². The number of nitriles is 1. The summed E-state index contributed by atoms with van der Waals surface area (Å²) in [6.45, 7) is 6.37. The Labute approximate surface area is 102 Å². The summed E-state index contributed by atoms with van der Waals surface area (Å²) >= 11 is 5.88. The standard InChI is InChI=1S/C12H16ClN3/c1-5-12(2,3)16(4)11-7-9(8-14)6-10(13)15-11/h6-7H,5H2,1-4H3. The lowest BCUT2D eigenvalue weighted by Gasteiger charge is -2.35. The summed E-state index contributed by atoms with van der Waals surface area (Å²) in [4.78, 5) is 6.28. The predicted octanol–water partition coefficient (Wildman–Crippen LogP) is 3.23. The van der Waals surface area contributed by atoms with Crippen LogP contribution in [0.15, 0.2) is 12.1 Å². The van der Waals surface area contributed by atoms with Gasteiger partial charge in [0, 0.05) is 12.6 Å². The number of halogens is 1. The minimum Gasteiger partial charge on any atom is -0.354 e. The zero-order valence-electron chi connectivity index (χ0n) is 10.1. The average Bonchev–Trinajstić information content (AvgIpc) is 2.27. The minimum absolute atomic E-state index is 0.00952. The highest BCUT2D eigenvalue weighted by atomic mass is 35.5. The van der Waals surface area contributed by atoms with Crippen LogP contribution < -0.4 is 4.90 Å². The molecule has 1 heterocycles. The Kier molecular flexibility index (Phi) is 3.77. The summed E-state index contributed by atoms with van der Waals surface area (Å²) in [5, 5.41) is 9.23. The molecular weight excluding hydrogens is 222 g/mol. The molecule has 0 atom stereocenters. The average molecular weight is 238 g/mol. The molecule has 1 aromatic rings. The molecule has 0 bridgehead atoms. The second-order valence-electron chi connectivity index (χ2n) is 4.37. The van der Waals surface area contributed by atoms with Gasteiger partial charge in [-0.25, -0.2) is 4.98 Å². The molecule has 0 saturated carbocycles. The normalized spacial score (nSPS) is 11.0. The van der Waals surface area contributed by atoms with Gasteiger partial charge in [0.25, 0.3) is 0 Å². The fourth-order valence-electron chi connectivity index (χ4n) is 1.27. The molecule has 86 valence electrons. The van der Waals surface area contributed by atoms with E-state index >= 15 is 0 Å². The van der Waals surface area contributed by atoms with Gasteiger partial charge in [0.1, 0.15) is 11.0 Å². The minimum atomic E-state index is -0.00952. The lowest BCUT2D eigenvalue weighted by Crippen LogP contribution is -2.41. The SMILES string of the molecule is CCC(C)(C)N(C)c1cc(C#N)cc(Cl)n1. The van der Waals surface area contributed by atoms with Gasteiger partial charge in [-0.2, -0.15) is 5.26 Å². The van der Waals surface area contributed by atoms with Crippen LogP contribution in [-0.2, 0) is 0 Å². The third-order valence-electron chi connectivity index (χ3n) is 3.03. The predicted molar refractivity (Wildman–Crippen MR) is 66.7 cm³/mol. The first-order chi connectivity index (χ1) is 7.40. The maximum atomic E-state index is 8.87. The molecule has 16 heavy (non-hydrogen) atoms. The van der Waals surface area contributed by atoms with E-state index < -0.39 is 0 Å². The Balaban J connectivity index is 3.14.